The minimum atomic E-state index is -0.00499. The van der Waals surface area contributed by atoms with Crippen molar-refractivity contribution >= 4 is 33.3 Å². The summed E-state index contributed by atoms with van der Waals surface area (Å²) in [5.74, 6) is 0. The predicted molar refractivity (Wildman–Crippen MR) is 96.4 cm³/mol. The van der Waals surface area contributed by atoms with Gasteiger partial charge in [-0.1, -0.05) is 6.42 Å². The smallest absolute Gasteiger partial charge is 0.317 e. The first-order valence-electron chi connectivity index (χ1n) is 7.87. The average Bonchev–Trinajstić information content (AvgIpc) is 2.91. The number of thiophene rings is 1. The molecule has 0 radical (unpaired) electrons. The number of piperidine rings is 1. The summed E-state index contributed by atoms with van der Waals surface area (Å²) in [6, 6.07) is 4.07. The summed E-state index contributed by atoms with van der Waals surface area (Å²) >= 11 is 5.12. The van der Waals surface area contributed by atoms with Gasteiger partial charge in [-0.3, -0.25) is 4.90 Å². The van der Waals surface area contributed by atoms with Gasteiger partial charge < -0.3 is 10.2 Å². The number of likely N-dealkylation sites (tertiary alicyclic amines) is 1. The molecule has 1 aliphatic rings. The molecule has 1 fully saturated rings. The monoisotopic (exact) mass is 387 g/mol. The molecule has 1 saturated heterocycles. The second-order valence-electron chi connectivity index (χ2n) is 6.58. The van der Waals surface area contributed by atoms with Crippen molar-refractivity contribution in [1.82, 2.24) is 15.1 Å². The van der Waals surface area contributed by atoms with E-state index in [1.807, 2.05) is 13.1 Å². The Labute approximate surface area is 146 Å². The third-order valence-electron chi connectivity index (χ3n) is 4.25. The molecule has 0 aliphatic carbocycles. The van der Waals surface area contributed by atoms with Gasteiger partial charge in [-0.25, -0.2) is 4.79 Å². The molecule has 2 amide bonds. The van der Waals surface area contributed by atoms with E-state index in [1.54, 1.807) is 16.2 Å². The zero-order valence-electron chi connectivity index (χ0n) is 13.7. The molecule has 0 aromatic carbocycles. The molecule has 22 heavy (non-hydrogen) atoms. The molecule has 1 aromatic rings. The van der Waals surface area contributed by atoms with Crippen molar-refractivity contribution in [3.63, 3.8) is 0 Å². The average molecular weight is 388 g/mol. The van der Waals surface area contributed by atoms with Crippen molar-refractivity contribution in [1.29, 1.82) is 0 Å². The van der Waals surface area contributed by atoms with E-state index in [0.29, 0.717) is 13.1 Å². The Balaban J connectivity index is 1.80. The molecule has 1 aromatic heterocycles. The van der Waals surface area contributed by atoms with Crippen LogP contribution in [0, 0.1) is 0 Å². The van der Waals surface area contributed by atoms with E-state index in [0.717, 1.165) is 16.9 Å². The Hall–Kier alpha value is -0.590. The van der Waals surface area contributed by atoms with Gasteiger partial charge >= 0.3 is 6.03 Å². The van der Waals surface area contributed by atoms with Crippen LogP contribution in [0.3, 0.4) is 0 Å². The fourth-order valence-electron chi connectivity index (χ4n) is 2.78. The van der Waals surface area contributed by atoms with Crippen molar-refractivity contribution in [3.8, 4) is 0 Å². The standard InChI is InChI=1S/C16H26BrN3OS/c1-16(2,20-9-5-4-6-10-20)12-18-15(21)19(3)11-13-7-8-14(17)22-13/h7-8H,4-6,9-12H2,1-3H3,(H,18,21). The van der Waals surface area contributed by atoms with Crippen LogP contribution >= 0.6 is 27.3 Å². The van der Waals surface area contributed by atoms with Crippen LogP contribution in [0.15, 0.2) is 15.9 Å². The molecule has 6 heteroatoms. The highest BCUT2D eigenvalue weighted by molar-refractivity contribution is 9.11. The lowest BCUT2D eigenvalue weighted by atomic mass is 9.98. The van der Waals surface area contributed by atoms with Crippen molar-refractivity contribution in [2.24, 2.45) is 0 Å². The fraction of sp³-hybridized carbons (Fsp3) is 0.688. The highest BCUT2D eigenvalue weighted by Gasteiger charge is 2.28. The van der Waals surface area contributed by atoms with E-state index in [4.69, 9.17) is 0 Å². The highest BCUT2D eigenvalue weighted by Crippen LogP contribution is 2.23. The minimum Gasteiger partial charge on any atom is -0.336 e. The second kappa shape index (κ2) is 7.79. The van der Waals surface area contributed by atoms with Crippen LogP contribution in [-0.2, 0) is 6.54 Å². The maximum atomic E-state index is 12.3. The Bertz CT molecular complexity index is 497. The number of urea groups is 1. The summed E-state index contributed by atoms with van der Waals surface area (Å²) in [4.78, 5) is 17.7. The molecular formula is C16H26BrN3OS. The summed E-state index contributed by atoms with van der Waals surface area (Å²) in [5.41, 5.74) is 0.0167. The van der Waals surface area contributed by atoms with Gasteiger partial charge in [0.2, 0.25) is 0 Å². The number of rotatable bonds is 5. The number of amides is 2. The van der Waals surface area contributed by atoms with E-state index in [2.05, 4.69) is 46.1 Å². The van der Waals surface area contributed by atoms with Gasteiger partial charge in [0.1, 0.15) is 0 Å². The van der Waals surface area contributed by atoms with Gasteiger partial charge in [-0.15, -0.1) is 11.3 Å². The van der Waals surface area contributed by atoms with E-state index >= 15 is 0 Å². The van der Waals surface area contributed by atoms with Crippen molar-refractivity contribution < 1.29 is 4.79 Å². The minimum absolute atomic E-state index is 0.00499. The first-order chi connectivity index (χ1) is 10.4. The van der Waals surface area contributed by atoms with Crippen LogP contribution in [0.25, 0.3) is 0 Å². The number of nitrogens with zero attached hydrogens (tertiary/aromatic N) is 2. The number of nitrogens with one attached hydrogen (secondary N) is 1. The third-order valence-corrected chi connectivity index (χ3v) is 5.86. The van der Waals surface area contributed by atoms with Crippen molar-refractivity contribution in [2.45, 2.75) is 45.2 Å². The number of carbonyl (C=O) groups excluding carboxylic acids is 1. The van der Waals surface area contributed by atoms with Gasteiger partial charge in [0.25, 0.3) is 0 Å². The number of halogens is 1. The topological polar surface area (TPSA) is 35.6 Å². The third kappa shape index (κ3) is 4.96. The SMILES string of the molecule is CN(Cc1ccc(Br)s1)C(=O)NCC(C)(C)N1CCCCC1. The number of hydrogen-bond donors (Lipinski definition) is 1. The molecule has 1 aliphatic heterocycles. The maximum absolute atomic E-state index is 12.3. The summed E-state index contributed by atoms with van der Waals surface area (Å²) in [6.07, 6.45) is 3.87. The first-order valence-corrected chi connectivity index (χ1v) is 9.48. The predicted octanol–water partition coefficient (Wildman–Crippen LogP) is 3.92. The molecule has 2 rings (SSSR count). The van der Waals surface area contributed by atoms with Gasteiger partial charge in [0.15, 0.2) is 0 Å². The summed E-state index contributed by atoms with van der Waals surface area (Å²) in [7, 11) is 1.84. The van der Waals surface area contributed by atoms with Crippen LogP contribution in [0.4, 0.5) is 4.79 Å². The lowest BCUT2D eigenvalue weighted by molar-refractivity contribution is 0.0943. The van der Waals surface area contributed by atoms with E-state index < -0.39 is 0 Å². The second-order valence-corrected chi connectivity index (χ2v) is 9.13. The van der Waals surface area contributed by atoms with E-state index in [-0.39, 0.29) is 11.6 Å². The lowest BCUT2D eigenvalue weighted by Gasteiger charge is -2.41. The maximum Gasteiger partial charge on any atom is 0.317 e. The van der Waals surface area contributed by atoms with Crippen LogP contribution in [0.2, 0.25) is 0 Å². The molecule has 1 N–H and O–H groups in total. The zero-order valence-corrected chi connectivity index (χ0v) is 16.1. The van der Waals surface area contributed by atoms with Gasteiger partial charge in [0.05, 0.1) is 10.3 Å². The molecule has 0 bridgehead atoms. The molecule has 0 spiro atoms. The molecular weight excluding hydrogens is 362 g/mol. The summed E-state index contributed by atoms with van der Waals surface area (Å²) < 4.78 is 1.10. The Kier molecular flexibility index (Phi) is 6.29. The first kappa shape index (κ1) is 17.8. The molecule has 124 valence electrons. The zero-order chi connectivity index (χ0) is 16.2. The summed E-state index contributed by atoms with van der Waals surface area (Å²) in [5, 5.41) is 3.09. The largest absolute Gasteiger partial charge is 0.336 e. The molecule has 0 unspecified atom stereocenters. The number of hydrogen-bond acceptors (Lipinski definition) is 3. The Morgan fingerprint density at radius 1 is 1.36 bits per heavy atom. The lowest BCUT2D eigenvalue weighted by Crippen LogP contribution is -2.54. The van der Waals surface area contributed by atoms with E-state index in [9.17, 15) is 4.79 Å². The van der Waals surface area contributed by atoms with Crippen molar-refractivity contribution in [2.75, 3.05) is 26.7 Å². The highest BCUT2D eigenvalue weighted by atomic mass is 79.9. The van der Waals surface area contributed by atoms with Crippen LogP contribution in [-0.4, -0.2) is 48.1 Å². The fourth-order valence-corrected chi connectivity index (χ4v) is 4.32. The molecule has 4 nitrogen and oxygen atoms in total. The van der Waals surface area contributed by atoms with Crippen LogP contribution in [0.1, 0.15) is 38.0 Å². The number of carbonyl (C=O) groups is 1. The summed E-state index contributed by atoms with van der Waals surface area (Å²) in [6.45, 7) is 8.05. The van der Waals surface area contributed by atoms with Crippen LogP contribution < -0.4 is 5.32 Å². The van der Waals surface area contributed by atoms with Gasteiger partial charge in [-0.05, 0) is 67.8 Å². The Morgan fingerprint density at radius 3 is 2.64 bits per heavy atom. The molecule has 0 atom stereocenters. The molecule has 0 saturated carbocycles. The molecule has 2 heterocycles. The van der Waals surface area contributed by atoms with Gasteiger partial charge in [-0.2, -0.15) is 0 Å². The van der Waals surface area contributed by atoms with E-state index in [1.165, 1.54) is 24.1 Å². The Morgan fingerprint density at radius 2 is 2.05 bits per heavy atom. The van der Waals surface area contributed by atoms with Gasteiger partial charge in [0, 0.05) is 24.0 Å². The normalized spacial score (nSPS) is 16.5. The van der Waals surface area contributed by atoms with Crippen molar-refractivity contribution in [3.05, 3.63) is 20.8 Å². The quantitative estimate of drug-likeness (QED) is 0.830. The van der Waals surface area contributed by atoms with Crippen LogP contribution in [0.5, 0.6) is 0 Å².